The molecule has 0 bridgehead atoms. The number of halogens is 1. The van der Waals surface area contributed by atoms with Crippen molar-refractivity contribution in [1.82, 2.24) is 15.0 Å². The highest BCUT2D eigenvalue weighted by molar-refractivity contribution is 6.32. The van der Waals surface area contributed by atoms with Gasteiger partial charge in [0, 0.05) is 18.0 Å². The molecule has 8 heteroatoms. The number of pyridine rings is 1. The summed E-state index contributed by atoms with van der Waals surface area (Å²) >= 11 is 6.04. The predicted molar refractivity (Wildman–Crippen MR) is 95.3 cm³/mol. The third kappa shape index (κ3) is 3.47. The highest BCUT2D eigenvalue weighted by Gasteiger charge is 2.10. The summed E-state index contributed by atoms with van der Waals surface area (Å²) in [6.45, 7) is 0. The molecule has 3 aromatic rings. The van der Waals surface area contributed by atoms with Crippen molar-refractivity contribution in [3.8, 4) is 5.75 Å². The van der Waals surface area contributed by atoms with E-state index >= 15 is 0 Å². The molecule has 2 aromatic heterocycles. The van der Waals surface area contributed by atoms with Crippen LogP contribution in [-0.2, 0) is 0 Å². The summed E-state index contributed by atoms with van der Waals surface area (Å²) in [6.07, 6.45) is 3.01. The van der Waals surface area contributed by atoms with Crippen molar-refractivity contribution in [2.75, 3.05) is 23.5 Å². The van der Waals surface area contributed by atoms with Gasteiger partial charge in [-0.1, -0.05) is 17.7 Å². The van der Waals surface area contributed by atoms with E-state index in [-0.39, 0.29) is 0 Å². The molecule has 0 atom stereocenters. The number of nitrogens with zero attached hydrogens (tertiary/aromatic N) is 3. The SMILES string of the molecule is COc1cccc(Nc2ncnc(Nc3cccnc3Cl)c2N)c1. The van der Waals surface area contributed by atoms with E-state index in [0.717, 1.165) is 11.4 Å². The summed E-state index contributed by atoms with van der Waals surface area (Å²) in [5, 5.41) is 6.53. The van der Waals surface area contributed by atoms with Crippen molar-refractivity contribution in [2.45, 2.75) is 0 Å². The molecule has 0 unspecified atom stereocenters. The highest BCUT2D eigenvalue weighted by Crippen LogP contribution is 2.30. The van der Waals surface area contributed by atoms with Gasteiger partial charge in [-0.3, -0.25) is 0 Å². The molecule has 1 aromatic carbocycles. The summed E-state index contributed by atoms with van der Waals surface area (Å²) in [6, 6.07) is 11.0. The number of nitrogens with two attached hydrogens (primary N) is 1. The number of benzene rings is 1. The number of nitrogens with one attached hydrogen (secondary N) is 2. The number of ether oxygens (including phenoxy) is 1. The Morgan fingerprint density at radius 1 is 1.04 bits per heavy atom. The lowest BCUT2D eigenvalue weighted by Crippen LogP contribution is -2.05. The lowest BCUT2D eigenvalue weighted by atomic mass is 10.3. The lowest BCUT2D eigenvalue weighted by molar-refractivity contribution is 0.415. The van der Waals surface area contributed by atoms with Gasteiger partial charge in [-0.05, 0) is 24.3 Å². The molecule has 0 radical (unpaired) electrons. The predicted octanol–water partition coefficient (Wildman–Crippen LogP) is 3.60. The maximum atomic E-state index is 6.15. The van der Waals surface area contributed by atoms with E-state index in [2.05, 4.69) is 25.6 Å². The topological polar surface area (TPSA) is 98.0 Å². The van der Waals surface area contributed by atoms with Gasteiger partial charge in [-0.2, -0.15) is 0 Å². The van der Waals surface area contributed by atoms with E-state index in [1.165, 1.54) is 6.33 Å². The molecular weight excluding hydrogens is 328 g/mol. The molecule has 0 aliphatic heterocycles. The average Bonchev–Trinajstić information content (AvgIpc) is 2.60. The summed E-state index contributed by atoms with van der Waals surface area (Å²) in [5.74, 6) is 1.64. The van der Waals surface area contributed by atoms with Gasteiger partial charge in [0.25, 0.3) is 0 Å². The van der Waals surface area contributed by atoms with E-state index in [1.54, 1.807) is 25.4 Å². The van der Waals surface area contributed by atoms with Crippen molar-refractivity contribution in [2.24, 2.45) is 0 Å². The fourth-order valence-corrected chi connectivity index (χ4v) is 2.21. The van der Waals surface area contributed by atoms with Crippen LogP contribution < -0.4 is 21.1 Å². The number of nitrogen functional groups attached to an aromatic ring is 1. The number of hydrogen-bond acceptors (Lipinski definition) is 7. The summed E-state index contributed by atoms with van der Waals surface area (Å²) in [5.41, 5.74) is 7.92. The highest BCUT2D eigenvalue weighted by atomic mass is 35.5. The molecule has 0 amide bonds. The Kier molecular flexibility index (Phi) is 4.62. The lowest BCUT2D eigenvalue weighted by Gasteiger charge is -2.13. The van der Waals surface area contributed by atoms with Crippen LogP contribution in [0.15, 0.2) is 48.9 Å². The van der Waals surface area contributed by atoms with E-state index in [0.29, 0.717) is 28.2 Å². The third-order valence-electron chi connectivity index (χ3n) is 3.23. The smallest absolute Gasteiger partial charge is 0.159 e. The Hall–Kier alpha value is -3.06. The molecule has 2 heterocycles. The summed E-state index contributed by atoms with van der Waals surface area (Å²) in [7, 11) is 1.61. The first-order chi connectivity index (χ1) is 11.7. The molecule has 7 nitrogen and oxygen atoms in total. The first-order valence-electron chi connectivity index (χ1n) is 7.06. The Balaban J connectivity index is 1.86. The van der Waals surface area contributed by atoms with Crippen molar-refractivity contribution < 1.29 is 4.74 Å². The number of hydrogen-bond donors (Lipinski definition) is 3. The fraction of sp³-hybridized carbons (Fsp3) is 0.0625. The van der Waals surface area contributed by atoms with Gasteiger partial charge >= 0.3 is 0 Å². The van der Waals surface area contributed by atoms with Crippen molar-refractivity contribution >= 4 is 40.3 Å². The van der Waals surface area contributed by atoms with Gasteiger partial charge in [-0.25, -0.2) is 15.0 Å². The monoisotopic (exact) mass is 342 g/mol. The van der Waals surface area contributed by atoms with E-state index in [4.69, 9.17) is 22.1 Å². The van der Waals surface area contributed by atoms with Crippen molar-refractivity contribution in [3.05, 3.63) is 54.1 Å². The second kappa shape index (κ2) is 7.01. The van der Waals surface area contributed by atoms with Crippen LogP contribution in [-0.4, -0.2) is 22.1 Å². The molecule has 0 saturated heterocycles. The first kappa shape index (κ1) is 15.8. The largest absolute Gasteiger partial charge is 0.497 e. The summed E-state index contributed by atoms with van der Waals surface area (Å²) in [4.78, 5) is 12.3. The molecule has 0 aliphatic rings. The van der Waals surface area contributed by atoms with Crippen LogP contribution in [0.5, 0.6) is 5.75 Å². The minimum absolute atomic E-state index is 0.331. The molecule has 0 saturated carbocycles. The van der Waals surface area contributed by atoms with E-state index < -0.39 is 0 Å². The zero-order chi connectivity index (χ0) is 16.9. The van der Waals surface area contributed by atoms with Crippen LogP contribution in [0.1, 0.15) is 0 Å². The van der Waals surface area contributed by atoms with Gasteiger partial charge in [0.2, 0.25) is 0 Å². The molecule has 24 heavy (non-hydrogen) atoms. The van der Waals surface area contributed by atoms with Crippen LogP contribution in [0.4, 0.5) is 28.7 Å². The zero-order valence-corrected chi connectivity index (χ0v) is 13.6. The van der Waals surface area contributed by atoms with Gasteiger partial charge in [-0.15, -0.1) is 0 Å². The van der Waals surface area contributed by atoms with Crippen LogP contribution in [0, 0.1) is 0 Å². The zero-order valence-electron chi connectivity index (χ0n) is 12.8. The maximum absolute atomic E-state index is 6.15. The van der Waals surface area contributed by atoms with Gasteiger partial charge in [0.1, 0.15) is 17.8 Å². The minimum atomic E-state index is 0.331. The second-order valence-corrected chi connectivity index (χ2v) is 5.17. The Morgan fingerprint density at radius 3 is 2.58 bits per heavy atom. The quantitative estimate of drug-likeness (QED) is 0.609. The van der Waals surface area contributed by atoms with E-state index in [1.807, 2.05) is 24.3 Å². The number of rotatable bonds is 5. The molecule has 4 N–H and O–H groups in total. The molecule has 0 spiro atoms. The Bertz CT molecular complexity index is 857. The number of anilines is 5. The molecular formula is C16H15ClN6O. The van der Waals surface area contributed by atoms with E-state index in [9.17, 15) is 0 Å². The Labute approximate surface area is 143 Å². The molecule has 0 aliphatic carbocycles. The van der Waals surface area contributed by atoms with Crippen LogP contribution in [0.3, 0.4) is 0 Å². The molecule has 0 fully saturated rings. The van der Waals surface area contributed by atoms with Crippen LogP contribution >= 0.6 is 11.6 Å². The fourth-order valence-electron chi connectivity index (χ4n) is 2.04. The first-order valence-corrected chi connectivity index (χ1v) is 7.44. The van der Waals surface area contributed by atoms with Gasteiger partial charge in [0.15, 0.2) is 16.8 Å². The maximum Gasteiger partial charge on any atom is 0.159 e. The molecule has 122 valence electrons. The number of methoxy groups -OCH3 is 1. The van der Waals surface area contributed by atoms with Gasteiger partial charge in [0.05, 0.1) is 12.8 Å². The van der Waals surface area contributed by atoms with Crippen LogP contribution in [0.25, 0.3) is 0 Å². The standard InChI is InChI=1S/C16H15ClN6O/c1-24-11-5-2-4-10(8-11)22-15-13(18)16(21-9-20-15)23-12-6-3-7-19-14(12)17/h2-9H,18H2,1H3,(H2,20,21,22,23). The van der Waals surface area contributed by atoms with Gasteiger partial charge < -0.3 is 21.1 Å². The second-order valence-electron chi connectivity index (χ2n) is 4.81. The van der Waals surface area contributed by atoms with Crippen molar-refractivity contribution in [3.63, 3.8) is 0 Å². The minimum Gasteiger partial charge on any atom is -0.497 e. The van der Waals surface area contributed by atoms with Crippen LogP contribution in [0.2, 0.25) is 5.15 Å². The Morgan fingerprint density at radius 2 is 1.83 bits per heavy atom. The van der Waals surface area contributed by atoms with Crippen molar-refractivity contribution in [1.29, 1.82) is 0 Å². The average molecular weight is 343 g/mol. The molecule has 3 rings (SSSR count). The third-order valence-corrected chi connectivity index (χ3v) is 3.53. The normalized spacial score (nSPS) is 10.2. The number of aromatic nitrogens is 3. The summed E-state index contributed by atoms with van der Waals surface area (Å²) < 4.78 is 5.20.